The topological polar surface area (TPSA) is 83.5 Å². The number of halogens is 4. The summed E-state index contributed by atoms with van der Waals surface area (Å²) in [4.78, 5) is 12.3. The second-order valence-electron chi connectivity index (χ2n) is 7.67. The molecule has 2 aliphatic rings. The monoisotopic (exact) mass is 459 g/mol. The summed E-state index contributed by atoms with van der Waals surface area (Å²) >= 11 is 6.12. The van der Waals surface area contributed by atoms with E-state index in [9.17, 15) is 31.5 Å². The minimum atomic E-state index is -3.93. The summed E-state index contributed by atoms with van der Waals surface area (Å²) in [5.74, 6) is -6.00. The molecule has 0 spiro atoms. The van der Waals surface area contributed by atoms with Gasteiger partial charge in [0.15, 0.2) is 27.3 Å². The third kappa shape index (κ3) is 3.48. The number of carbonyl (C=O) groups is 1. The molecular formula is C20H17ClF3NO4S. The van der Waals surface area contributed by atoms with Gasteiger partial charge in [-0.3, -0.25) is 4.79 Å². The maximum absolute atomic E-state index is 13.4. The highest BCUT2D eigenvalue weighted by atomic mass is 35.5. The van der Waals surface area contributed by atoms with Crippen LogP contribution in [0.5, 0.6) is 0 Å². The van der Waals surface area contributed by atoms with Crippen molar-refractivity contribution in [3.63, 3.8) is 0 Å². The number of amides is 1. The first kappa shape index (κ1) is 21.1. The summed E-state index contributed by atoms with van der Waals surface area (Å²) in [5.41, 5.74) is -0.429. The normalized spacial score (nSPS) is 25.5. The molecule has 30 heavy (non-hydrogen) atoms. The molecule has 0 saturated heterocycles. The third-order valence-electron chi connectivity index (χ3n) is 5.90. The lowest BCUT2D eigenvalue weighted by Gasteiger charge is -2.19. The number of hydrogen-bond donors (Lipinski definition) is 2. The van der Waals surface area contributed by atoms with E-state index in [1.54, 1.807) is 0 Å². The predicted octanol–water partition coefficient (Wildman–Crippen LogP) is 3.94. The van der Waals surface area contributed by atoms with E-state index < -0.39 is 44.5 Å². The fourth-order valence-corrected chi connectivity index (χ4v) is 7.45. The van der Waals surface area contributed by atoms with Crippen LogP contribution in [0.4, 0.5) is 18.9 Å². The molecule has 2 bridgehead atoms. The third-order valence-corrected chi connectivity index (χ3v) is 8.74. The summed E-state index contributed by atoms with van der Waals surface area (Å²) in [6.07, 6.45) is 1.03. The molecule has 160 valence electrons. The van der Waals surface area contributed by atoms with Crippen molar-refractivity contribution in [3.8, 4) is 0 Å². The number of benzene rings is 2. The fourth-order valence-electron chi connectivity index (χ4n) is 4.56. The Hall–Kier alpha value is -2.10. The molecule has 3 unspecified atom stereocenters. The Morgan fingerprint density at radius 3 is 2.33 bits per heavy atom. The fraction of sp³-hybridized carbons (Fsp3) is 0.350. The van der Waals surface area contributed by atoms with Crippen LogP contribution in [0.2, 0.25) is 5.02 Å². The molecular weight excluding hydrogens is 443 g/mol. The molecule has 10 heteroatoms. The number of hydrogen-bond acceptors (Lipinski definition) is 4. The molecule has 0 aromatic heterocycles. The summed E-state index contributed by atoms with van der Waals surface area (Å²) in [6.45, 7) is 0. The van der Waals surface area contributed by atoms with Crippen molar-refractivity contribution in [2.75, 3.05) is 5.32 Å². The van der Waals surface area contributed by atoms with Gasteiger partial charge in [0.1, 0.15) is 0 Å². The van der Waals surface area contributed by atoms with Crippen molar-refractivity contribution in [2.45, 2.75) is 35.5 Å². The standard InChI is InChI=1S/C20H17ClF3NO4S/c21-13-4-2-10(20(27)25-11-7-14(22)18(24)15(23)8-11)6-17(13)30(28,29)19-9-1-3-12(19)16(26)5-9/h2,4,6-9,12,16,19,26H,1,3,5H2,(H,25,27)/t9?,12?,16-,19?/m1/s1. The van der Waals surface area contributed by atoms with Gasteiger partial charge >= 0.3 is 0 Å². The highest BCUT2D eigenvalue weighted by Gasteiger charge is 2.54. The van der Waals surface area contributed by atoms with Crippen molar-refractivity contribution in [1.29, 1.82) is 0 Å². The molecule has 5 nitrogen and oxygen atoms in total. The average molecular weight is 460 g/mol. The van der Waals surface area contributed by atoms with E-state index in [0.29, 0.717) is 31.4 Å². The molecule has 4 atom stereocenters. The highest BCUT2D eigenvalue weighted by molar-refractivity contribution is 7.92. The van der Waals surface area contributed by atoms with E-state index >= 15 is 0 Å². The van der Waals surface area contributed by atoms with Crippen LogP contribution in [0.3, 0.4) is 0 Å². The number of nitrogens with one attached hydrogen (secondary N) is 1. The molecule has 2 N–H and O–H groups in total. The van der Waals surface area contributed by atoms with Gasteiger partial charge in [0.05, 0.1) is 21.3 Å². The molecule has 0 aliphatic heterocycles. The Labute approximate surface area is 175 Å². The zero-order valence-corrected chi connectivity index (χ0v) is 17.0. The predicted molar refractivity (Wildman–Crippen MR) is 104 cm³/mol. The number of aliphatic hydroxyl groups is 1. The number of sulfone groups is 1. The van der Waals surface area contributed by atoms with Gasteiger partial charge in [-0.2, -0.15) is 0 Å². The van der Waals surface area contributed by atoms with E-state index in [-0.39, 0.29) is 33.0 Å². The van der Waals surface area contributed by atoms with E-state index in [1.807, 2.05) is 0 Å². The van der Waals surface area contributed by atoms with E-state index in [4.69, 9.17) is 11.6 Å². The highest BCUT2D eigenvalue weighted by Crippen LogP contribution is 2.50. The Morgan fingerprint density at radius 1 is 1.10 bits per heavy atom. The van der Waals surface area contributed by atoms with Crippen LogP contribution in [-0.2, 0) is 9.84 Å². The van der Waals surface area contributed by atoms with Gasteiger partial charge < -0.3 is 10.4 Å². The minimum Gasteiger partial charge on any atom is -0.393 e. The van der Waals surface area contributed by atoms with Gasteiger partial charge in [-0.15, -0.1) is 0 Å². The second-order valence-corrected chi connectivity index (χ2v) is 10.1. The summed E-state index contributed by atoms with van der Waals surface area (Å²) in [6, 6.07) is 4.85. The van der Waals surface area contributed by atoms with Crippen molar-refractivity contribution < 1.29 is 31.5 Å². The first-order valence-electron chi connectivity index (χ1n) is 9.27. The maximum atomic E-state index is 13.4. The van der Waals surface area contributed by atoms with Gasteiger partial charge in [0, 0.05) is 29.3 Å². The SMILES string of the molecule is O=C(Nc1cc(F)c(F)c(F)c1)c1ccc(Cl)c(S(=O)(=O)C2C3CCC2[C@H](O)C3)c1. The zero-order chi connectivity index (χ0) is 21.8. The van der Waals surface area contributed by atoms with E-state index in [2.05, 4.69) is 5.32 Å². The number of fused-ring (bicyclic) bond motifs is 2. The van der Waals surface area contributed by atoms with Crippen molar-refractivity contribution in [1.82, 2.24) is 0 Å². The lowest BCUT2D eigenvalue weighted by atomic mass is 9.98. The van der Waals surface area contributed by atoms with Gasteiger partial charge in [0.2, 0.25) is 0 Å². The lowest BCUT2D eigenvalue weighted by molar-refractivity contribution is 0.102. The van der Waals surface area contributed by atoms with Crippen LogP contribution >= 0.6 is 11.6 Å². The first-order chi connectivity index (χ1) is 14.1. The number of anilines is 1. The quantitative estimate of drug-likeness (QED) is 0.678. The molecule has 2 saturated carbocycles. The molecule has 4 rings (SSSR count). The van der Waals surface area contributed by atoms with Gasteiger partial charge in [-0.1, -0.05) is 11.6 Å². The van der Waals surface area contributed by atoms with Crippen LogP contribution in [0, 0.1) is 29.3 Å². The first-order valence-corrected chi connectivity index (χ1v) is 11.2. The summed E-state index contributed by atoms with van der Waals surface area (Å²) < 4.78 is 66.3. The Bertz CT molecular complexity index is 1120. The van der Waals surface area contributed by atoms with Gasteiger partial charge in [0.25, 0.3) is 5.91 Å². The molecule has 2 aliphatic carbocycles. The Morgan fingerprint density at radius 2 is 1.77 bits per heavy atom. The van der Waals surface area contributed by atoms with E-state index in [1.165, 1.54) is 12.1 Å². The van der Waals surface area contributed by atoms with Crippen LogP contribution in [-0.4, -0.2) is 30.8 Å². The summed E-state index contributed by atoms with van der Waals surface area (Å²) in [7, 11) is -3.93. The van der Waals surface area contributed by atoms with Gasteiger partial charge in [-0.25, -0.2) is 21.6 Å². The van der Waals surface area contributed by atoms with E-state index in [0.717, 1.165) is 6.07 Å². The van der Waals surface area contributed by atoms with Crippen LogP contribution < -0.4 is 5.32 Å². The Kier molecular flexibility index (Phi) is 5.32. The maximum Gasteiger partial charge on any atom is 0.255 e. The molecule has 0 heterocycles. The van der Waals surface area contributed by atoms with Crippen LogP contribution in [0.15, 0.2) is 35.2 Å². The molecule has 1 amide bonds. The molecule has 2 aromatic carbocycles. The number of carbonyl (C=O) groups excluding carboxylic acids is 1. The van der Waals surface area contributed by atoms with Crippen molar-refractivity contribution in [2.24, 2.45) is 11.8 Å². The second kappa shape index (κ2) is 7.55. The molecule has 2 aromatic rings. The molecule has 2 fully saturated rings. The minimum absolute atomic E-state index is 0.0637. The Balaban J connectivity index is 1.64. The van der Waals surface area contributed by atoms with Crippen LogP contribution in [0.1, 0.15) is 29.6 Å². The van der Waals surface area contributed by atoms with Crippen molar-refractivity contribution >= 4 is 33.0 Å². The lowest BCUT2D eigenvalue weighted by Crippen LogP contribution is -2.29. The largest absolute Gasteiger partial charge is 0.393 e. The zero-order valence-electron chi connectivity index (χ0n) is 15.4. The smallest absolute Gasteiger partial charge is 0.255 e. The summed E-state index contributed by atoms with van der Waals surface area (Å²) in [5, 5.41) is 11.5. The number of rotatable bonds is 4. The number of aliphatic hydroxyl groups excluding tert-OH is 1. The average Bonchev–Trinajstić information content (AvgIpc) is 3.24. The van der Waals surface area contributed by atoms with Crippen LogP contribution in [0.25, 0.3) is 0 Å². The van der Waals surface area contributed by atoms with Gasteiger partial charge in [-0.05, 0) is 43.4 Å². The molecule has 0 radical (unpaired) electrons. The van der Waals surface area contributed by atoms with Crippen molar-refractivity contribution in [3.05, 3.63) is 58.4 Å².